The van der Waals surface area contributed by atoms with Crippen LogP contribution in [-0.2, 0) is 4.79 Å². The van der Waals surface area contributed by atoms with Gasteiger partial charge in [0.25, 0.3) is 0 Å². The molecule has 3 rings (SSSR count). The lowest BCUT2D eigenvalue weighted by molar-refractivity contribution is -0.111. The number of thiazole rings is 1. The molecule has 7 heteroatoms. The summed E-state index contributed by atoms with van der Waals surface area (Å²) in [7, 11) is 0. The first-order valence-corrected chi connectivity index (χ1v) is 8.94. The molecule has 138 valence electrons. The molecule has 0 spiro atoms. The Labute approximate surface area is 159 Å². The Hall–Kier alpha value is -3.06. The second kappa shape index (κ2) is 8.55. The lowest BCUT2D eigenvalue weighted by atomic mass is 10.1. The van der Waals surface area contributed by atoms with Gasteiger partial charge in [0.2, 0.25) is 5.91 Å². The van der Waals surface area contributed by atoms with Crippen molar-refractivity contribution in [3.05, 3.63) is 71.1 Å². The molecule has 0 saturated heterocycles. The van der Waals surface area contributed by atoms with Crippen LogP contribution in [0.2, 0.25) is 0 Å². The Balaban J connectivity index is 1.59. The maximum Gasteiger partial charge on any atom is 0.387 e. The Morgan fingerprint density at radius 1 is 1.15 bits per heavy atom. The van der Waals surface area contributed by atoms with Gasteiger partial charge in [0.05, 0.1) is 5.69 Å². The third kappa shape index (κ3) is 5.46. The van der Waals surface area contributed by atoms with E-state index in [1.54, 1.807) is 18.2 Å². The zero-order chi connectivity index (χ0) is 19.2. The van der Waals surface area contributed by atoms with Crippen molar-refractivity contribution in [3.63, 3.8) is 0 Å². The molecule has 27 heavy (non-hydrogen) atoms. The standard InChI is InChI=1S/C20H16F2N2O2S/c1-13-2-7-15(8-3-13)17-12-27-20(23-17)24-18(25)11-6-14-4-9-16(10-5-14)26-19(21)22/h2-12,19H,1H3,(H,23,24,25)/b11-6+. The van der Waals surface area contributed by atoms with Gasteiger partial charge in [0.15, 0.2) is 5.13 Å². The minimum atomic E-state index is -2.86. The van der Waals surface area contributed by atoms with Crippen molar-refractivity contribution in [2.45, 2.75) is 13.5 Å². The van der Waals surface area contributed by atoms with Crippen LogP contribution in [0.1, 0.15) is 11.1 Å². The Bertz CT molecular complexity index is 935. The van der Waals surface area contributed by atoms with Gasteiger partial charge in [-0.1, -0.05) is 42.0 Å². The van der Waals surface area contributed by atoms with Gasteiger partial charge in [0.1, 0.15) is 5.75 Å². The molecule has 3 aromatic rings. The molecule has 0 atom stereocenters. The van der Waals surface area contributed by atoms with Crippen LogP contribution in [0.15, 0.2) is 60.0 Å². The third-order valence-corrected chi connectivity index (χ3v) is 4.37. The Kier molecular flexibility index (Phi) is 5.93. The van der Waals surface area contributed by atoms with Crippen LogP contribution in [0.4, 0.5) is 13.9 Å². The van der Waals surface area contributed by atoms with Gasteiger partial charge in [-0.25, -0.2) is 4.98 Å². The number of carbonyl (C=O) groups excluding carboxylic acids is 1. The number of nitrogens with zero attached hydrogens (tertiary/aromatic N) is 1. The summed E-state index contributed by atoms with van der Waals surface area (Å²) in [6, 6.07) is 14.0. The lowest BCUT2D eigenvalue weighted by Crippen LogP contribution is -2.07. The van der Waals surface area contributed by atoms with Crippen molar-refractivity contribution in [1.82, 2.24) is 4.98 Å². The number of alkyl halides is 2. The first kappa shape index (κ1) is 18.7. The number of hydrogen-bond acceptors (Lipinski definition) is 4. The average Bonchev–Trinajstić information content (AvgIpc) is 3.09. The Morgan fingerprint density at radius 2 is 1.85 bits per heavy atom. The number of carbonyl (C=O) groups is 1. The van der Waals surface area contributed by atoms with Gasteiger partial charge in [-0.3, -0.25) is 10.1 Å². The van der Waals surface area contributed by atoms with Crippen molar-refractivity contribution < 1.29 is 18.3 Å². The van der Waals surface area contributed by atoms with E-state index in [0.717, 1.165) is 11.3 Å². The smallest absolute Gasteiger partial charge is 0.387 e. The van der Waals surface area contributed by atoms with Gasteiger partial charge in [0, 0.05) is 17.0 Å². The zero-order valence-electron chi connectivity index (χ0n) is 14.4. The van der Waals surface area contributed by atoms with E-state index in [9.17, 15) is 13.6 Å². The first-order chi connectivity index (χ1) is 13.0. The van der Waals surface area contributed by atoms with Crippen molar-refractivity contribution >= 4 is 28.5 Å². The number of nitrogens with one attached hydrogen (secondary N) is 1. The fraction of sp³-hybridized carbons (Fsp3) is 0.100. The summed E-state index contributed by atoms with van der Waals surface area (Å²) in [6.45, 7) is -0.845. The average molecular weight is 386 g/mol. The van der Waals surface area contributed by atoms with Gasteiger partial charge in [-0.15, -0.1) is 11.3 Å². The largest absolute Gasteiger partial charge is 0.435 e. The molecule has 1 amide bonds. The molecule has 0 bridgehead atoms. The maximum absolute atomic E-state index is 12.1. The summed E-state index contributed by atoms with van der Waals surface area (Å²) >= 11 is 1.34. The summed E-state index contributed by atoms with van der Waals surface area (Å²) in [5, 5.41) is 5.09. The SMILES string of the molecule is Cc1ccc(-c2csc(NC(=O)/C=C/c3ccc(OC(F)F)cc3)n2)cc1. The molecule has 1 heterocycles. The molecule has 0 fully saturated rings. The highest BCUT2D eigenvalue weighted by atomic mass is 32.1. The first-order valence-electron chi connectivity index (χ1n) is 8.06. The fourth-order valence-electron chi connectivity index (χ4n) is 2.27. The quantitative estimate of drug-likeness (QED) is 0.579. The van der Waals surface area contributed by atoms with E-state index >= 15 is 0 Å². The van der Waals surface area contributed by atoms with Gasteiger partial charge < -0.3 is 4.74 Å². The minimum absolute atomic E-state index is 0.0676. The van der Waals surface area contributed by atoms with E-state index in [-0.39, 0.29) is 11.7 Å². The summed E-state index contributed by atoms with van der Waals surface area (Å²) < 4.78 is 28.5. The number of rotatable bonds is 6. The molecular weight excluding hydrogens is 370 g/mol. The second-order valence-corrected chi connectivity index (χ2v) is 6.53. The van der Waals surface area contributed by atoms with E-state index < -0.39 is 6.61 Å². The van der Waals surface area contributed by atoms with Crippen molar-refractivity contribution in [2.75, 3.05) is 5.32 Å². The van der Waals surface area contributed by atoms with Crippen LogP contribution < -0.4 is 10.1 Å². The van der Waals surface area contributed by atoms with Crippen LogP contribution >= 0.6 is 11.3 Å². The molecule has 0 unspecified atom stereocenters. The normalized spacial score (nSPS) is 11.1. The van der Waals surface area contributed by atoms with Crippen LogP contribution in [0, 0.1) is 6.92 Å². The summed E-state index contributed by atoms with van der Waals surface area (Å²) in [6.07, 6.45) is 2.94. The van der Waals surface area contributed by atoms with Crippen molar-refractivity contribution in [2.24, 2.45) is 0 Å². The van der Waals surface area contributed by atoms with Crippen LogP contribution in [0.5, 0.6) is 5.75 Å². The monoisotopic (exact) mass is 386 g/mol. The van der Waals surface area contributed by atoms with Gasteiger partial charge in [-0.05, 0) is 30.7 Å². The molecule has 0 radical (unpaired) electrons. The topological polar surface area (TPSA) is 51.2 Å². The molecule has 2 aromatic carbocycles. The number of benzene rings is 2. The van der Waals surface area contributed by atoms with E-state index in [1.165, 1.54) is 35.1 Å². The molecule has 0 saturated carbocycles. The van der Waals surface area contributed by atoms with E-state index in [4.69, 9.17) is 0 Å². The molecule has 0 aliphatic heterocycles. The Morgan fingerprint density at radius 3 is 2.52 bits per heavy atom. The predicted molar refractivity (Wildman–Crippen MR) is 103 cm³/mol. The molecule has 0 aliphatic carbocycles. The number of aryl methyl sites for hydroxylation is 1. The summed E-state index contributed by atoms with van der Waals surface area (Å²) in [5.74, 6) is -0.259. The molecule has 1 N–H and O–H groups in total. The second-order valence-electron chi connectivity index (χ2n) is 5.67. The number of aromatic nitrogens is 1. The molecule has 4 nitrogen and oxygen atoms in total. The van der Waals surface area contributed by atoms with Crippen LogP contribution in [0.3, 0.4) is 0 Å². The van der Waals surface area contributed by atoms with Gasteiger partial charge >= 0.3 is 6.61 Å². The number of anilines is 1. The fourth-order valence-corrected chi connectivity index (χ4v) is 2.99. The molecule has 0 aliphatic rings. The van der Waals surface area contributed by atoms with Crippen molar-refractivity contribution in [3.8, 4) is 17.0 Å². The number of ether oxygens (including phenoxy) is 1. The highest BCUT2D eigenvalue weighted by molar-refractivity contribution is 7.14. The predicted octanol–water partition coefficient (Wildman–Crippen LogP) is 5.37. The van der Waals surface area contributed by atoms with Crippen LogP contribution in [0.25, 0.3) is 17.3 Å². The van der Waals surface area contributed by atoms with E-state index in [0.29, 0.717) is 10.7 Å². The third-order valence-electron chi connectivity index (χ3n) is 3.61. The highest BCUT2D eigenvalue weighted by Crippen LogP contribution is 2.25. The van der Waals surface area contributed by atoms with Gasteiger partial charge in [-0.2, -0.15) is 8.78 Å². The minimum Gasteiger partial charge on any atom is -0.435 e. The number of amides is 1. The summed E-state index contributed by atoms with van der Waals surface area (Å²) in [4.78, 5) is 16.4. The number of hydrogen-bond donors (Lipinski definition) is 1. The number of halogens is 2. The lowest BCUT2D eigenvalue weighted by Gasteiger charge is -2.03. The maximum atomic E-state index is 12.1. The zero-order valence-corrected chi connectivity index (χ0v) is 15.2. The van der Waals surface area contributed by atoms with Crippen molar-refractivity contribution in [1.29, 1.82) is 0 Å². The highest BCUT2D eigenvalue weighted by Gasteiger charge is 2.07. The molecule has 1 aromatic heterocycles. The van der Waals surface area contributed by atoms with E-state index in [1.807, 2.05) is 36.6 Å². The van der Waals surface area contributed by atoms with E-state index in [2.05, 4.69) is 15.0 Å². The summed E-state index contributed by atoms with van der Waals surface area (Å²) in [5.41, 5.74) is 3.64. The molecular formula is C20H16F2N2O2S. The van der Waals surface area contributed by atoms with Crippen LogP contribution in [-0.4, -0.2) is 17.5 Å².